The molecule has 3 aromatic heterocycles. The number of carbonyl (C=O) groups is 2. The average Bonchev–Trinajstić information content (AvgIpc) is 3.84. The minimum absolute atomic E-state index is 0.00673. The van der Waals surface area contributed by atoms with Crippen LogP contribution < -0.4 is 21.7 Å². The van der Waals surface area contributed by atoms with Crippen LogP contribution in [-0.2, 0) is 14.3 Å². The highest BCUT2D eigenvalue weighted by atomic mass is 16.5. The Kier molecular flexibility index (Phi) is 10.7. The molecule has 0 saturated heterocycles. The fourth-order valence-electron chi connectivity index (χ4n) is 5.20. The summed E-state index contributed by atoms with van der Waals surface area (Å²) in [6.45, 7) is 2.99. The predicted molar refractivity (Wildman–Crippen MR) is 165 cm³/mol. The van der Waals surface area contributed by atoms with E-state index in [4.69, 9.17) is 15.2 Å². The van der Waals surface area contributed by atoms with E-state index in [9.17, 15) is 9.59 Å². The summed E-state index contributed by atoms with van der Waals surface area (Å²) in [5.41, 5.74) is 7.40. The molecular weight excluding hydrogens is 548 g/mol. The molecule has 2 saturated carbocycles. The number of nitrogens with one attached hydrogen (secondary N) is 3. The number of rotatable bonds is 15. The van der Waals surface area contributed by atoms with E-state index in [1.807, 2.05) is 31.3 Å². The van der Waals surface area contributed by atoms with E-state index < -0.39 is 0 Å². The van der Waals surface area contributed by atoms with E-state index in [-0.39, 0.29) is 23.8 Å². The van der Waals surface area contributed by atoms with Crippen LogP contribution in [-0.4, -0.2) is 90.3 Å². The summed E-state index contributed by atoms with van der Waals surface area (Å²) in [6.07, 6.45) is 8.65. The van der Waals surface area contributed by atoms with Gasteiger partial charge in [0.25, 0.3) is 5.91 Å². The number of pyridine rings is 3. The Morgan fingerprint density at radius 1 is 0.930 bits per heavy atom. The van der Waals surface area contributed by atoms with Crippen LogP contribution >= 0.6 is 0 Å². The zero-order valence-electron chi connectivity index (χ0n) is 24.8. The fourth-order valence-corrected chi connectivity index (χ4v) is 5.20. The first kappa shape index (κ1) is 30.6. The van der Waals surface area contributed by atoms with E-state index >= 15 is 0 Å². The number of hydrogen-bond acceptors (Lipinski definition) is 10. The molecule has 2 aliphatic rings. The lowest BCUT2D eigenvalue weighted by Crippen LogP contribution is -2.42. The zero-order chi connectivity index (χ0) is 30.0. The lowest BCUT2D eigenvalue weighted by atomic mass is 9.85. The number of anilines is 3. The highest BCUT2D eigenvalue weighted by molar-refractivity contribution is 5.94. The van der Waals surface area contributed by atoms with Crippen LogP contribution in [0.3, 0.4) is 0 Å². The van der Waals surface area contributed by atoms with Crippen molar-refractivity contribution in [2.24, 2.45) is 11.7 Å². The van der Waals surface area contributed by atoms with Crippen molar-refractivity contribution in [1.82, 2.24) is 25.2 Å². The summed E-state index contributed by atoms with van der Waals surface area (Å²) in [4.78, 5) is 41.5. The number of likely N-dealkylation sites (N-methyl/N-ethyl adjacent to an activating group) is 1. The molecule has 0 unspecified atom stereocenters. The Morgan fingerprint density at radius 2 is 1.70 bits per heavy atom. The van der Waals surface area contributed by atoms with Gasteiger partial charge in [-0.15, -0.1) is 0 Å². The summed E-state index contributed by atoms with van der Waals surface area (Å²) in [5.74, 6) is 1.04. The maximum Gasteiger partial charge on any atom is 0.270 e. The average molecular weight is 591 g/mol. The number of carbonyl (C=O) groups excluding carboxylic acids is 2. The molecule has 3 heterocycles. The molecular formula is C31H42N8O4. The second-order valence-corrected chi connectivity index (χ2v) is 11.2. The summed E-state index contributed by atoms with van der Waals surface area (Å²) in [7, 11) is 1.81. The number of aromatic nitrogens is 3. The van der Waals surface area contributed by atoms with Gasteiger partial charge in [-0.05, 0) is 62.8 Å². The Balaban J connectivity index is 1.13. The molecule has 2 amide bonds. The molecule has 12 nitrogen and oxygen atoms in total. The van der Waals surface area contributed by atoms with Crippen molar-refractivity contribution < 1.29 is 19.1 Å². The second-order valence-electron chi connectivity index (χ2n) is 11.2. The molecule has 12 heteroatoms. The molecule has 5 N–H and O–H groups in total. The molecule has 0 radical (unpaired) electrons. The van der Waals surface area contributed by atoms with Crippen LogP contribution in [0.5, 0.6) is 0 Å². The third-order valence-corrected chi connectivity index (χ3v) is 7.74. The van der Waals surface area contributed by atoms with Crippen LogP contribution in [0, 0.1) is 5.92 Å². The molecule has 0 spiro atoms. The highest BCUT2D eigenvalue weighted by Crippen LogP contribution is 2.29. The van der Waals surface area contributed by atoms with Crippen molar-refractivity contribution >= 4 is 40.0 Å². The second kappa shape index (κ2) is 15.0. The van der Waals surface area contributed by atoms with Crippen LogP contribution in [0.25, 0.3) is 10.9 Å². The lowest BCUT2D eigenvalue weighted by molar-refractivity contribution is -0.136. The van der Waals surface area contributed by atoms with E-state index in [1.165, 1.54) is 0 Å². The van der Waals surface area contributed by atoms with Crippen LogP contribution in [0.15, 0.2) is 42.7 Å². The van der Waals surface area contributed by atoms with Crippen molar-refractivity contribution in [3.63, 3.8) is 0 Å². The number of nitrogens with two attached hydrogens (primary N) is 1. The Labute approximate surface area is 252 Å². The van der Waals surface area contributed by atoms with Gasteiger partial charge >= 0.3 is 0 Å². The topological polar surface area (TPSA) is 157 Å². The predicted octanol–water partition coefficient (Wildman–Crippen LogP) is 3.08. The molecule has 230 valence electrons. The number of ether oxygens (including phenoxy) is 2. The quantitative estimate of drug-likeness (QED) is 0.194. The maximum atomic E-state index is 13.3. The smallest absolute Gasteiger partial charge is 0.270 e. The van der Waals surface area contributed by atoms with E-state index in [1.54, 1.807) is 23.4 Å². The first-order chi connectivity index (χ1) is 21.0. The number of nitrogens with zero attached hydrogens (tertiary/aromatic N) is 4. The zero-order valence-corrected chi connectivity index (χ0v) is 24.8. The molecule has 0 bridgehead atoms. The number of hydrogen-bond donors (Lipinski definition) is 4. The van der Waals surface area contributed by atoms with Gasteiger partial charge in [0.2, 0.25) is 5.91 Å². The van der Waals surface area contributed by atoms with Gasteiger partial charge in [0, 0.05) is 67.7 Å². The molecule has 0 aliphatic heterocycles. The van der Waals surface area contributed by atoms with Gasteiger partial charge in [0.1, 0.15) is 17.3 Å². The Bertz CT molecular complexity index is 1380. The van der Waals surface area contributed by atoms with Gasteiger partial charge in [0.15, 0.2) is 0 Å². The van der Waals surface area contributed by atoms with Crippen molar-refractivity contribution in [3.05, 3.63) is 48.4 Å². The Morgan fingerprint density at radius 3 is 2.47 bits per heavy atom. The van der Waals surface area contributed by atoms with Gasteiger partial charge in [-0.25, -0.2) is 9.97 Å². The minimum Gasteiger partial charge on any atom is -0.382 e. The third kappa shape index (κ3) is 9.06. The summed E-state index contributed by atoms with van der Waals surface area (Å²) in [6, 6.07) is 9.80. The Hall–Kier alpha value is -3.87. The number of amides is 2. The third-order valence-electron chi connectivity index (χ3n) is 7.74. The summed E-state index contributed by atoms with van der Waals surface area (Å²) >= 11 is 0. The summed E-state index contributed by atoms with van der Waals surface area (Å²) < 4.78 is 10.8. The van der Waals surface area contributed by atoms with Crippen molar-refractivity contribution in [2.75, 3.05) is 57.2 Å². The van der Waals surface area contributed by atoms with Crippen molar-refractivity contribution in [1.29, 1.82) is 0 Å². The molecule has 0 aromatic carbocycles. The van der Waals surface area contributed by atoms with Gasteiger partial charge in [-0.3, -0.25) is 14.6 Å². The van der Waals surface area contributed by atoms with Crippen LogP contribution in [0.1, 0.15) is 49.0 Å². The normalized spacial score (nSPS) is 18.3. The van der Waals surface area contributed by atoms with Crippen LogP contribution in [0.4, 0.5) is 17.3 Å². The van der Waals surface area contributed by atoms with Crippen molar-refractivity contribution in [3.8, 4) is 0 Å². The maximum absolute atomic E-state index is 13.3. The van der Waals surface area contributed by atoms with E-state index in [0.29, 0.717) is 62.9 Å². The van der Waals surface area contributed by atoms with E-state index in [2.05, 4.69) is 30.9 Å². The largest absolute Gasteiger partial charge is 0.382 e. The standard InChI is InChI=1S/C31H42N8O4/c1-39(13-15-43-17-16-42-14-11-32)31(41)21-2-5-24(6-3-21)35-30(40)27-18-25(34-23-7-8-23)19-29(37-27)38-28-9-4-22-20-33-12-10-26(22)36-28/h4,9-10,12,18-21,23-24H,2-3,5-8,11,13-17,32H2,1H3,(H,35,40)(H2,34,36,37,38). The highest BCUT2D eigenvalue weighted by Gasteiger charge is 2.29. The summed E-state index contributed by atoms with van der Waals surface area (Å²) in [5, 5.41) is 10.8. The molecule has 2 fully saturated rings. The molecule has 43 heavy (non-hydrogen) atoms. The molecule has 2 aliphatic carbocycles. The van der Waals surface area contributed by atoms with Gasteiger partial charge < -0.3 is 36.1 Å². The fraction of sp³-hybridized carbons (Fsp3) is 0.516. The van der Waals surface area contributed by atoms with Crippen LogP contribution in [0.2, 0.25) is 0 Å². The van der Waals surface area contributed by atoms with Crippen molar-refractivity contribution in [2.45, 2.75) is 50.6 Å². The van der Waals surface area contributed by atoms with E-state index in [0.717, 1.165) is 55.1 Å². The minimum atomic E-state index is -0.223. The first-order valence-electron chi connectivity index (χ1n) is 15.2. The van der Waals surface area contributed by atoms with Gasteiger partial charge in [-0.2, -0.15) is 0 Å². The monoisotopic (exact) mass is 590 g/mol. The SMILES string of the molecule is CN(CCOCCOCCN)C(=O)C1CCC(NC(=O)c2cc(NC3CC3)cc(Nc3ccc4cnccc4n3)n2)CC1. The number of fused-ring (bicyclic) bond motifs is 1. The van der Waals surface area contributed by atoms with Gasteiger partial charge in [-0.1, -0.05) is 0 Å². The molecule has 0 atom stereocenters. The first-order valence-corrected chi connectivity index (χ1v) is 15.2. The molecule has 5 rings (SSSR count). The lowest BCUT2D eigenvalue weighted by Gasteiger charge is -2.31. The van der Waals surface area contributed by atoms with Gasteiger partial charge in [0.05, 0.1) is 31.9 Å². The molecule has 3 aromatic rings.